The van der Waals surface area contributed by atoms with Crippen molar-refractivity contribution in [1.82, 2.24) is 0 Å². The molecule has 0 spiro atoms. The lowest BCUT2D eigenvalue weighted by atomic mass is 9.97. The van der Waals surface area contributed by atoms with Crippen LogP contribution < -0.4 is 5.73 Å². The standard InChI is InChI=1S/C16H14N2/c1-11(2)14-8-7-12(9-16(14)18)15-6-4-3-5-13(15)10-17/h3-9H,1,18H2,2H3. The maximum atomic E-state index is 9.10. The fraction of sp³-hybridized carbons (Fsp3) is 0.0625. The van der Waals surface area contributed by atoms with Gasteiger partial charge in [-0.15, -0.1) is 0 Å². The predicted molar refractivity (Wildman–Crippen MR) is 75.7 cm³/mol. The molecule has 0 saturated heterocycles. The number of allylic oxidation sites excluding steroid dienone is 1. The van der Waals surface area contributed by atoms with Crippen molar-refractivity contribution in [1.29, 1.82) is 5.26 Å². The molecular weight excluding hydrogens is 220 g/mol. The fourth-order valence-corrected chi connectivity index (χ4v) is 1.95. The molecule has 0 aliphatic heterocycles. The van der Waals surface area contributed by atoms with Crippen LogP contribution in [0.2, 0.25) is 0 Å². The second kappa shape index (κ2) is 4.77. The first-order chi connectivity index (χ1) is 8.63. The summed E-state index contributed by atoms with van der Waals surface area (Å²) in [5.74, 6) is 0. The quantitative estimate of drug-likeness (QED) is 0.802. The minimum atomic E-state index is 0.653. The number of nitriles is 1. The van der Waals surface area contributed by atoms with Crippen molar-refractivity contribution in [3.63, 3.8) is 0 Å². The molecule has 2 rings (SSSR count). The van der Waals surface area contributed by atoms with Crippen LogP contribution in [-0.4, -0.2) is 0 Å². The SMILES string of the molecule is C=C(C)c1ccc(-c2ccccc2C#N)cc1N. The topological polar surface area (TPSA) is 49.8 Å². The van der Waals surface area contributed by atoms with Gasteiger partial charge >= 0.3 is 0 Å². The number of nitrogens with zero attached hydrogens (tertiary/aromatic N) is 1. The number of rotatable bonds is 2. The van der Waals surface area contributed by atoms with Gasteiger partial charge in [0.1, 0.15) is 0 Å². The zero-order valence-corrected chi connectivity index (χ0v) is 10.3. The van der Waals surface area contributed by atoms with E-state index in [2.05, 4.69) is 12.6 Å². The van der Waals surface area contributed by atoms with Crippen LogP contribution in [0.15, 0.2) is 49.0 Å². The van der Waals surface area contributed by atoms with Crippen molar-refractivity contribution in [2.24, 2.45) is 0 Å². The van der Waals surface area contributed by atoms with Gasteiger partial charge in [0, 0.05) is 5.69 Å². The smallest absolute Gasteiger partial charge is 0.0998 e. The fourth-order valence-electron chi connectivity index (χ4n) is 1.95. The van der Waals surface area contributed by atoms with E-state index in [4.69, 9.17) is 11.0 Å². The van der Waals surface area contributed by atoms with Crippen molar-refractivity contribution < 1.29 is 0 Å². The molecule has 88 valence electrons. The maximum absolute atomic E-state index is 9.10. The van der Waals surface area contributed by atoms with E-state index in [9.17, 15) is 0 Å². The third kappa shape index (κ3) is 2.11. The first kappa shape index (κ1) is 11.9. The monoisotopic (exact) mass is 234 g/mol. The largest absolute Gasteiger partial charge is 0.398 e. The summed E-state index contributed by atoms with van der Waals surface area (Å²) in [5, 5.41) is 9.10. The minimum Gasteiger partial charge on any atom is -0.398 e. The van der Waals surface area contributed by atoms with Gasteiger partial charge in [-0.05, 0) is 41.3 Å². The normalized spacial score (nSPS) is 9.78. The van der Waals surface area contributed by atoms with E-state index in [1.807, 2.05) is 43.3 Å². The number of hydrogen-bond acceptors (Lipinski definition) is 2. The average molecular weight is 234 g/mol. The van der Waals surface area contributed by atoms with Gasteiger partial charge in [0.15, 0.2) is 0 Å². The number of nitrogen functional groups attached to an aromatic ring is 1. The van der Waals surface area contributed by atoms with Gasteiger partial charge in [-0.2, -0.15) is 5.26 Å². The molecule has 0 aliphatic rings. The van der Waals surface area contributed by atoms with Gasteiger partial charge in [0.25, 0.3) is 0 Å². The highest BCUT2D eigenvalue weighted by atomic mass is 14.6. The zero-order valence-electron chi connectivity index (χ0n) is 10.3. The lowest BCUT2D eigenvalue weighted by molar-refractivity contribution is 1.47. The summed E-state index contributed by atoms with van der Waals surface area (Å²) in [6.45, 7) is 5.82. The van der Waals surface area contributed by atoms with Gasteiger partial charge in [0.2, 0.25) is 0 Å². The molecule has 18 heavy (non-hydrogen) atoms. The zero-order chi connectivity index (χ0) is 13.1. The van der Waals surface area contributed by atoms with Gasteiger partial charge in [0.05, 0.1) is 11.6 Å². The molecule has 0 saturated carbocycles. The van der Waals surface area contributed by atoms with E-state index in [0.717, 1.165) is 22.3 Å². The Hall–Kier alpha value is -2.53. The van der Waals surface area contributed by atoms with Crippen molar-refractivity contribution in [3.8, 4) is 17.2 Å². The molecule has 0 amide bonds. The van der Waals surface area contributed by atoms with E-state index in [0.29, 0.717) is 11.3 Å². The molecule has 2 heteroatoms. The number of anilines is 1. The summed E-state index contributed by atoms with van der Waals surface area (Å²) < 4.78 is 0. The molecule has 0 bridgehead atoms. The van der Waals surface area contributed by atoms with Crippen molar-refractivity contribution in [2.75, 3.05) is 5.73 Å². The van der Waals surface area contributed by atoms with Crippen molar-refractivity contribution in [2.45, 2.75) is 6.92 Å². The molecule has 0 unspecified atom stereocenters. The molecule has 0 radical (unpaired) electrons. The Bertz CT molecular complexity index is 648. The van der Waals surface area contributed by atoms with Crippen LogP contribution in [0.5, 0.6) is 0 Å². The molecule has 0 fully saturated rings. The van der Waals surface area contributed by atoms with Crippen LogP contribution in [-0.2, 0) is 0 Å². The summed E-state index contributed by atoms with van der Waals surface area (Å²) in [4.78, 5) is 0. The van der Waals surface area contributed by atoms with Crippen LogP contribution in [0.25, 0.3) is 16.7 Å². The summed E-state index contributed by atoms with van der Waals surface area (Å²) in [6.07, 6.45) is 0. The van der Waals surface area contributed by atoms with E-state index in [1.165, 1.54) is 0 Å². The van der Waals surface area contributed by atoms with Crippen LogP contribution >= 0.6 is 0 Å². The van der Waals surface area contributed by atoms with Crippen molar-refractivity contribution >= 4 is 11.3 Å². The first-order valence-corrected chi connectivity index (χ1v) is 5.68. The van der Waals surface area contributed by atoms with Crippen LogP contribution in [0.1, 0.15) is 18.1 Å². The number of hydrogen-bond donors (Lipinski definition) is 1. The molecule has 2 aromatic carbocycles. The van der Waals surface area contributed by atoms with Gasteiger partial charge in [-0.1, -0.05) is 36.9 Å². The number of benzene rings is 2. The van der Waals surface area contributed by atoms with Gasteiger partial charge in [-0.3, -0.25) is 0 Å². The summed E-state index contributed by atoms with van der Waals surface area (Å²) in [7, 11) is 0. The minimum absolute atomic E-state index is 0.653. The third-order valence-electron chi connectivity index (χ3n) is 2.87. The van der Waals surface area contributed by atoms with Gasteiger partial charge in [-0.25, -0.2) is 0 Å². The molecule has 2 aromatic rings. The molecular formula is C16H14N2. The Kier molecular flexibility index (Phi) is 3.16. The highest BCUT2D eigenvalue weighted by molar-refractivity contribution is 5.79. The molecule has 2 nitrogen and oxygen atoms in total. The molecule has 0 atom stereocenters. The average Bonchev–Trinajstić information content (AvgIpc) is 2.38. The molecule has 0 aliphatic carbocycles. The highest BCUT2D eigenvalue weighted by Crippen LogP contribution is 2.28. The van der Waals surface area contributed by atoms with E-state index in [-0.39, 0.29) is 0 Å². The van der Waals surface area contributed by atoms with Crippen LogP contribution in [0, 0.1) is 11.3 Å². The number of nitrogens with two attached hydrogens (primary N) is 1. The van der Waals surface area contributed by atoms with Crippen LogP contribution in [0.3, 0.4) is 0 Å². The lowest BCUT2D eigenvalue weighted by Gasteiger charge is -2.09. The predicted octanol–water partition coefficient (Wildman–Crippen LogP) is 3.84. The Labute approximate surface area is 107 Å². The summed E-state index contributed by atoms with van der Waals surface area (Å²) in [6, 6.07) is 15.5. The maximum Gasteiger partial charge on any atom is 0.0998 e. The van der Waals surface area contributed by atoms with Crippen LogP contribution in [0.4, 0.5) is 5.69 Å². The third-order valence-corrected chi connectivity index (χ3v) is 2.87. The Morgan fingerprint density at radius 2 is 1.94 bits per heavy atom. The molecule has 2 N–H and O–H groups in total. The van der Waals surface area contributed by atoms with Gasteiger partial charge < -0.3 is 5.73 Å². The van der Waals surface area contributed by atoms with E-state index < -0.39 is 0 Å². The van der Waals surface area contributed by atoms with Crippen molar-refractivity contribution in [3.05, 3.63) is 60.2 Å². The van der Waals surface area contributed by atoms with E-state index >= 15 is 0 Å². The lowest BCUT2D eigenvalue weighted by Crippen LogP contribution is -1.93. The molecule has 0 heterocycles. The Balaban J connectivity index is 2.57. The first-order valence-electron chi connectivity index (χ1n) is 5.68. The van der Waals surface area contributed by atoms with E-state index in [1.54, 1.807) is 6.07 Å². The summed E-state index contributed by atoms with van der Waals surface area (Å²) >= 11 is 0. The second-order valence-electron chi connectivity index (χ2n) is 4.24. The Morgan fingerprint density at radius 1 is 1.22 bits per heavy atom. The second-order valence-corrected chi connectivity index (χ2v) is 4.24. The summed E-state index contributed by atoms with van der Waals surface area (Å²) in [5.41, 5.74) is 11.1. The Morgan fingerprint density at radius 3 is 2.56 bits per heavy atom. The highest BCUT2D eigenvalue weighted by Gasteiger charge is 2.06. The molecule has 0 aromatic heterocycles.